The number of hydrogen-bond acceptors (Lipinski definition) is 8. The highest BCUT2D eigenvalue weighted by molar-refractivity contribution is 6.03. The van der Waals surface area contributed by atoms with E-state index in [4.69, 9.17) is 9.84 Å². The van der Waals surface area contributed by atoms with E-state index < -0.39 is 35.5 Å². The molecule has 4 N–H and O–H groups in total. The van der Waals surface area contributed by atoms with Gasteiger partial charge in [0.25, 0.3) is 5.91 Å². The molecule has 0 bridgehead atoms. The number of nitrogens with one attached hydrogen (secondary N) is 2. The van der Waals surface area contributed by atoms with Gasteiger partial charge in [-0.05, 0) is 36.8 Å². The number of carboxylic acids is 1. The summed E-state index contributed by atoms with van der Waals surface area (Å²) in [6.45, 7) is -0.162. The first-order valence-corrected chi connectivity index (χ1v) is 9.99. The van der Waals surface area contributed by atoms with Crippen molar-refractivity contribution in [1.82, 2.24) is 15.6 Å². The molecule has 0 unspecified atom stereocenters. The van der Waals surface area contributed by atoms with Crippen LogP contribution in [0, 0.1) is 11.3 Å². The number of carboxylic acid groups (broad SMARTS) is 1. The van der Waals surface area contributed by atoms with E-state index in [1.54, 1.807) is 30.3 Å². The lowest BCUT2D eigenvalue weighted by atomic mass is 10.1. The van der Waals surface area contributed by atoms with E-state index in [-0.39, 0.29) is 24.0 Å². The SMILES string of the molecule is COC(=O)N[C@H](CCNC(=O)c1nc(C#N)c2cc(Oc3ccccc3)ccc2c1O)C(=O)O. The van der Waals surface area contributed by atoms with E-state index in [0.29, 0.717) is 16.9 Å². The molecule has 0 radical (unpaired) electrons. The van der Waals surface area contributed by atoms with E-state index in [2.05, 4.69) is 20.4 Å². The Hall–Kier alpha value is -4.85. The van der Waals surface area contributed by atoms with Crippen LogP contribution in [0.15, 0.2) is 48.5 Å². The molecule has 3 aromatic rings. The molecule has 0 saturated heterocycles. The normalized spacial score (nSPS) is 11.2. The van der Waals surface area contributed by atoms with E-state index in [0.717, 1.165) is 7.11 Å². The maximum Gasteiger partial charge on any atom is 0.407 e. The second kappa shape index (κ2) is 10.6. The first kappa shape index (κ1) is 23.8. The summed E-state index contributed by atoms with van der Waals surface area (Å²) in [5.41, 5.74) is -0.499. The van der Waals surface area contributed by atoms with Crippen LogP contribution in [0.3, 0.4) is 0 Å². The molecule has 1 heterocycles. The standard InChI is InChI=1S/C23H20N4O7/c1-33-23(32)27-17(22(30)31)9-10-25-21(29)19-20(28)15-8-7-14(11-16(15)18(12-24)26-19)34-13-5-3-2-4-6-13/h2-8,11,17,28H,9-10H2,1H3,(H,25,29)(H,27,32)(H,30,31)/t17-/m1/s1. The Kier molecular flexibility index (Phi) is 7.45. The van der Waals surface area contributed by atoms with Gasteiger partial charge in [0.2, 0.25) is 0 Å². The zero-order chi connectivity index (χ0) is 24.7. The van der Waals surface area contributed by atoms with Crippen molar-refractivity contribution in [3.05, 3.63) is 59.9 Å². The summed E-state index contributed by atoms with van der Waals surface area (Å²) in [5, 5.41) is 34.4. The predicted molar refractivity (Wildman–Crippen MR) is 119 cm³/mol. The number of aromatic nitrogens is 1. The van der Waals surface area contributed by atoms with Crippen molar-refractivity contribution in [3.8, 4) is 23.3 Å². The fourth-order valence-electron chi connectivity index (χ4n) is 3.08. The van der Waals surface area contributed by atoms with E-state index in [1.807, 2.05) is 12.1 Å². The molecule has 0 aliphatic carbocycles. The van der Waals surface area contributed by atoms with Crippen LogP contribution >= 0.6 is 0 Å². The molecule has 0 aliphatic heterocycles. The number of methoxy groups -OCH3 is 1. The third kappa shape index (κ3) is 5.49. The minimum Gasteiger partial charge on any atom is -0.505 e. The number of alkyl carbamates (subject to hydrolysis) is 1. The third-order valence-electron chi connectivity index (χ3n) is 4.74. The number of fused-ring (bicyclic) bond motifs is 1. The van der Waals surface area contributed by atoms with Gasteiger partial charge in [0.1, 0.15) is 29.3 Å². The molecule has 0 aliphatic rings. The van der Waals surface area contributed by atoms with Crippen LogP contribution in [-0.2, 0) is 9.53 Å². The van der Waals surface area contributed by atoms with Crippen molar-refractivity contribution >= 4 is 28.7 Å². The number of para-hydroxylation sites is 1. The van der Waals surface area contributed by atoms with Crippen molar-refractivity contribution in [2.75, 3.05) is 13.7 Å². The number of aliphatic carboxylic acids is 1. The Labute approximate surface area is 193 Å². The van der Waals surface area contributed by atoms with Gasteiger partial charge in [-0.15, -0.1) is 0 Å². The van der Waals surface area contributed by atoms with Gasteiger partial charge in [-0.2, -0.15) is 5.26 Å². The van der Waals surface area contributed by atoms with Crippen LogP contribution in [0.25, 0.3) is 10.8 Å². The van der Waals surface area contributed by atoms with Gasteiger partial charge in [0, 0.05) is 17.3 Å². The molecule has 0 fully saturated rings. The van der Waals surface area contributed by atoms with E-state index in [1.165, 1.54) is 12.1 Å². The quantitative estimate of drug-likeness (QED) is 0.391. The predicted octanol–water partition coefficient (Wildman–Crippen LogP) is 2.53. The van der Waals surface area contributed by atoms with Crippen LogP contribution in [0.5, 0.6) is 17.2 Å². The van der Waals surface area contributed by atoms with Gasteiger partial charge < -0.3 is 30.3 Å². The molecular formula is C23H20N4O7. The lowest BCUT2D eigenvalue weighted by Gasteiger charge is -2.14. The average molecular weight is 464 g/mol. The minimum atomic E-state index is -1.31. The number of aromatic hydroxyl groups is 1. The zero-order valence-electron chi connectivity index (χ0n) is 17.9. The molecular weight excluding hydrogens is 444 g/mol. The monoisotopic (exact) mass is 464 g/mol. The summed E-state index contributed by atoms with van der Waals surface area (Å²) in [4.78, 5) is 39.1. The Morgan fingerprint density at radius 3 is 2.50 bits per heavy atom. The summed E-state index contributed by atoms with van der Waals surface area (Å²) in [6.07, 6.45) is -1.09. The van der Waals surface area contributed by atoms with Crippen LogP contribution in [0.4, 0.5) is 4.79 Å². The van der Waals surface area contributed by atoms with Gasteiger partial charge in [0.15, 0.2) is 11.4 Å². The van der Waals surface area contributed by atoms with Crippen molar-refractivity contribution in [2.24, 2.45) is 0 Å². The van der Waals surface area contributed by atoms with Gasteiger partial charge in [-0.1, -0.05) is 18.2 Å². The van der Waals surface area contributed by atoms with Crippen LogP contribution in [-0.4, -0.2) is 52.9 Å². The number of benzene rings is 2. The average Bonchev–Trinajstić information content (AvgIpc) is 2.84. The molecule has 3 rings (SSSR count). The number of hydrogen-bond donors (Lipinski definition) is 4. The maximum absolute atomic E-state index is 12.6. The summed E-state index contributed by atoms with van der Waals surface area (Å²) < 4.78 is 10.1. The number of carbonyl (C=O) groups is 3. The van der Waals surface area contributed by atoms with Gasteiger partial charge in [-0.25, -0.2) is 14.6 Å². The molecule has 11 heteroatoms. The number of nitrogens with zero attached hydrogens (tertiary/aromatic N) is 2. The first-order valence-electron chi connectivity index (χ1n) is 9.99. The van der Waals surface area contributed by atoms with Crippen LogP contribution in [0.2, 0.25) is 0 Å². The molecule has 1 aromatic heterocycles. The smallest absolute Gasteiger partial charge is 0.407 e. The first-order chi connectivity index (χ1) is 16.3. The minimum absolute atomic E-state index is 0.104. The van der Waals surface area contributed by atoms with Gasteiger partial charge in [0.05, 0.1) is 7.11 Å². The molecule has 174 valence electrons. The maximum atomic E-state index is 12.6. The van der Waals surface area contributed by atoms with Gasteiger partial charge >= 0.3 is 12.1 Å². The second-order valence-corrected chi connectivity index (χ2v) is 6.96. The largest absolute Gasteiger partial charge is 0.505 e. The lowest BCUT2D eigenvalue weighted by molar-refractivity contribution is -0.139. The molecule has 0 saturated carbocycles. The van der Waals surface area contributed by atoms with Crippen molar-refractivity contribution in [1.29, 1.82) is 5.26 Å². The fourth-order valence-corrected chi connectivity index (χ4v) is 3.08. The summed E-state index contributed by atoms with van der Waals surface area (Å²) in [5.74, 6) is -1.59. The lowest BCUT2D eigenvalue weighted by Crippen LogP contribution is -2.43. The summed E-state index contributed by atoms with van der Waals surface area (Å²) in [6, 6.07) is 14.2. The number of pyridine rings is 1. The zero-order valence-corrected chi connectivity index (χ0v) is 17.9. The van der Waals surface area contributed by atoms with Crippen molar-refractivity contribution in [3.63, 3.8) is 0 Å². The number of amides is 2. The molecule has 2 amide bonds. The number of carbonyl (C=O) groups excluding carboxylic acids is 2. The Morgan fingerprint density at radius 2 is 1.85 bits per heavy atom. The van der Waals surface area contributed by atoms with Crippen molar-refractivity contribution in [2.45, 2.75) is 12.5 Å². The van der Waals surface area contributed by atoms with Crippen LogP contribution < -0.4 is 15.4 Å². The number of ether oxygens (including phenoxy) is 2. The summed E-state index contributed by atoms with van der Waals surface area (Å²) in [7, 11) is 1.09. The highest BCUT2D eigenvalue weighted by Gasteiger charge is 2.23. The van der Waals surface area contributed by atoms with Crippen molar-refractivity contribution < 1.29 is 34.1 Å². The third-order valence-corrected chi connectivity index (χ3v) is 4.74. The Morgan fingerprint density at radius 1 is 1.12 bits per heavy atom. The Balaban J connectivity index is 1.79. The fraction of sp³-hybridized carbons (Fsp3) is 0.174. The molecule has 34 heavy (non-hydrogen) atoms. The number of rotatable bonds is 8. The molecule has 2 aromatic carbocycles. The van der Waals surface area contributed by atoms with Gasteiger partial charge in [-0.3, -0.25) is 4.79 Å². The highest BCUT2D eigenvalue weighted by Crippen LogP contribution is 2.33. The Bertz CT molecular complexity index is 1270. The van der Waals surface area contributed by atoms with E-state index >= 15 is 0 Å². The molecule has 11 nitrogen and oxygen atoms in total. The summed E-state index contributed by atoms with van der Waals surface area (Å²) >= 11 is 0. The molecule has 0 spiro atoms. The molecule has 1 atom stereocenters. The highest BCUT2D eigenvalue weighted by atomic mass is 16.5. The topological polar surface area (TPSA) is 171 Å². The van der Waals surface area contributed by atoms with Crippen LogP contribution in [0.1, 0.15) is 22.6 Å². The number of nitriles is 1. The second-order valence-electron chi connectivity index (χ2n) is 6.96. The van der Waals surface area contributed by atoms with E-state index in [9.17, 15) is 24.8 Å².